The first-order valence-electron chi connectivity index (χ1n) is 6.27. The maximum absolute atomic E-state index is 13.6. The van der Waals surface area contributed by atoms with E-state index in [1.807, 2.05) is 0 Å². The number of nitrogens with two attached hydrogens (primary N) is 1. The number of esters is 1. The molecule has 0 unspecified atom stereocenters. The number of nitrogen functional groups attached to an aromatic ring is 1. The van der Waals surface area contributed by atoms with Crippen LogP contribution in [-0.4, -0.2) is 15.7 Å². The van der Waals surface area contributed by atoms with Crippen molar-refractivity contribution in [3.05, 3.63) is 45.4 Å². The van der Waals surface area contributed by atoms with Gasteiger partial charge in [0.2, 0.25) is 0 Å². The number of halogens is 2. The minimum Gasteiger partial charge on any atom is -0.459 e. The van der Waals surface area contributed by atoms with E-state index in [0.29, 0.717) is 27.1 Å². The highest BCUT2D eigenvalue weighted by Crippen LogP contribution is 2.17. The van der Waals surface area contributed by atoms with Gasteiger partial charge >= 0.3 is 5.97 Å². The predicted octanol–water partition coefficient (Wildman–Crippen LogP) is 2.73. The van der Waals surface area contributed by atoms with Crippen molar-refractivity contribution in [3.8, 4) is 0 Å². The number of rotatable bonds is 4. The van der Waals surface area contributed by atoms with Crippen LogP contribution >= 0.6 is 15.9 Å². The lowest BCUT2D eigenvalue weighted by molar-refractivity contribution is -0.146. The number of aromatic nitrogens is 2. The SMILES string of the molecule is Cc1nn(CC(=O)OCc2ccc(Br)cc2F)c(C)c1N. The summed E-state index contributed by atoms with van der Waals surface area (Å²) in [4.78, 5) is 11.8. The molecule has 5 nitrogen and oxygen atoms in total. The summed E-state index contributed by atoms with van der Waals surface area (Å²) in [5.41, 5.74) is 8.04. The molecule has 7 heteroatoms. The van der Waals surface area contributed by atoms with Gasteiger partial charge in [-0.2, -0.15) is 5.10 Å². The normalized spacial score (nSPS) is 10.7. The van der Waals surface area contributed by atoms with Crippen molar-refractivity contribution in [1.82, 2.24) is 9.78 Å². The number of aryl methyl sites for hydroxylation is 1. The summed E-state index contributed by atoms with van der Waals surface area (Å²) in [6.07, 6.45) is 0. The van der Waals surface area contributed by atoms with Crippen molar-refractivity contribution in [2.45, 2.75) is 27.0 Å². The van der Waals surface area contributed by atoms with Crippen LogP contribution in [0.2, 0.25) is 0 Å². The molecule has 0 amide bonds. The average Bonchev–Trinajstić information content (AvgIpc) is 2.65. The Balaban J connectivity index is 1.97. The molecule has 2 N–H and O–H groups in total. The average molecular weight is 356 g/mol. The van der Waals surface area contributed by atoms with Gasteiger partial charge in [0.25, 0.3) is 0 Å². The van der Waals surface area contributed by atoms with E-state index < -0.39 is 11.8 Å². The Morgan fingerprint density at radius 1 is 1.48 bits per heavy atom. The molecule has 0 radical (unpaired) electrons. The van der Waals surface area contributed by atoms with Crippen LogP contribution in [0.1, 0.15) is 17.0 Å². The molecule has 0 aliphatic carbocycles. The lowest BCUT2D eigenvalue weighted by Gasteiger charge is -2.07. The molecule has 0 fully saturated rings. The monoisotopic (exact) mass is 355 g/mol. The van der Waals surface area contributed by atoms with Gasteiger partial charge in [0.15, 0.2) is 0 Å². The number of hydrogen-bond donors (Lipinski definition) is 1. The zero-order chi connectivity index (χ0) is 15.6. The molecule has 0 aliphatic heterocycles. The van der Waals surface area contributed by atoms with Crippen LogP contribution < -0.4 is 5.73 Å². The van der Waals surface area contributed by atoms with Crippen LogP contribution in [0, 0.1) is 19.7 Å². The number of carbonyl (C=O) groups is 1. The van der Waals surface area contributed by atoms with Gasteiger partial charge in [-0.25, -0.2) is 4.39 Å². The molecular formula is C14H15BrFN3O2. The Morgan fingerprint density at radius 3 is 2.76 bits per heavy atom. The van der Waals surface area contributed by atoms with Crippen LogP contribution in [0.15, 0.2) is 22.7 Å². The van der Waals surface area contributed by atoms with Crippen molar-refractivity contribution >= 4 is 27.6 Å². The molecule has 0 aliphatic rings. The summed E-state index contributed by atoms with van der Waals surface area (Å²) in [6.45, 7) is 3.37. The lowest BCUT2D eigenvalue weighted by Crippen LogP contribution is -2.16. The fourth-order valence-electron chi connectivity index (χ4n) is 1.83. The highest BCUT2D eigenvalue weighted by molar-refractivity contribution is 9.10. The van der Waals surface area contributed by atoms with Crippen LogP contribution in [0.3, 0.4) is 0 Å². The van der Waals surface area contributed by atoms with Gasteiger partial charge in [0.05, 0.1) is 17.1 Å². The molecule has 21 heavy (non-hydrogen) atoms. The first kappa shape index (κ1) is 15.5. The molecule has 0 saturated carbocycles. The molecular weight excluding hydrogens is 341 g/mol. The second kappa shape index (κ2) is 6.26. The van der Waals surface area contributed by atoms with Gasteiger partial charge in [-0.05, 0) is 26.0 Å². The number of hydrogen-bond acceptors (Lipinski definition) is 4. The Bertz CT molecular complexity index is 685. The Morgan fingerprint density at radius 2 is 2.19 bits per heavy atom. The first-order valence-corrected chi connectivity index (χ1v) is 7.07. The zero-order valence-corrected chi connectivity index (χ0v) is 13.3. The molecule has 2 rings (SSSR count). The van der Waals surface area contributed by atoms with E-state index in [1.165, 1.54) is 10.7 Å². The summed E-state index contributed by atoms with van der Waals surface area (Å²) < 4.78 is 20.8. The van der Waals surface area contributed by atoms with Gasteiger partial charge < -0.3 is 10.5 Å². The number of benzene rings is 1. The third-order valence-corrected chi connectivity index (χ3v) is 3.61. The second-order valence-corrected chi connectivity index (χ2v) is 5.55. The quantitative estimate of drug-likeness (QED) is 0.856. The topological polar surface area (TPSA) is 70.1 Å². The van der Waals surface area contributed by atoms with Gasteiger partial charge in [-0.1, -0.05) is 22.0 Å². The Hall–Kier alpha value is -1.89. The molecule has 2 aromatic rings. The van der Waals surface area contributed by atoms with Gasteiger partial charge in [0, 0.05) is 10.0 Å². The predicted molar refractivity (Wildman–Crippen MR) is 80.0 cm³/mol. The zero-order valence-electron chi connectivity index (χ0n) is 11.7. The van der Waals surface area contributed by atoms with Crippen LogP contribution in [0.25, 0.3) is 0 Å². The largest absolute Gasteiger partial charge is 0.459 e. The summed E-state index contributed by atoms with van der Waals surface area (Å²) in [5, 5.41) is 4.14. The number of carbonyl (C=O) groups excluding carboxylic acids is 1. The van der Waals surface area contributed by atoms with E-state index in [9.17, 15) is 9.18 Å². The van der Waals surface area contributed by atoms with E-state index in [2.05, 4.69) is 21.0 Å². The van der Waals surface area contributed by atoms with Crippen molar-refractivity contribution < 1.29 is 13.9 Å². The second-order valence-electron chi connectivity index (χ2n) is 4.64. The van der Waals surface area contributed by atoms with Crippen LogP contribution in [0.5, 0.6) is 0 Å². The summed E-state index contributed by atoms with van der Waals surface area (Å²) in [6, 6.07) is 4.58. The summed E-state index contributed by atoms with van der Waals surface area (Å²) in [7, 11) is 0. The molecule has 112 valence electrons. The fraction of sp³-hybridized carbons (Fsp3) is 0.286. The number of ether oxygens (including phenoxy) is 1. The number of anilines is 1. The molecule has 0 saturated heterocycles. The summed E-state index contributed by atoms with van der Waals surface area (Å²) in [5.74, 6) is -0.921. The van der Waals surface area contributed by atoms with E-state index >= 15 is 0 Å². The van der Waals surface area contributed by atoms with Crippen LogP contribution in [0.4, 0.5) is 10.1 Å². The van der Waals surface area contributed by atoms with Crippen molar-refractivity contribution in [2.75, 3.05) is 5.73 Å². The van der Waals surface area contributed by atoms with Crippen molar-refractivity contribution in [2.24, 2.45) is 0 Å². The fourth-order valence-corrected chi connectivity index (χ4v) is 2.16. The van der Waals surface area contributed by atoms with E-state index in [-0.39, 0.29) is 13.2 Å². The molecule has 1 aromatic carbocycles. The van der Waals surface area contributed by atoms with E-state index in [1.54, 1.807) is 26.0 Å². The highest BCUT2D eigenvalue weighted by atomic mass is 79.9. The molecule has 0 spiro atoms. The van der Waals surface area contributed by atoms with Gasteiger partial charge in [-0.15, -0.1) is 0 Å². The summed E-state index contributed by atoms with van der Waals surface area (Å²) >= 11 is 3.17. The van der Waals surface area contributed by atoms with Gasteiger partial charge in [-0.3, -0.25) is 9.48 Å². The standard InChI is InChI=1S/C14H15BrFN3O2/c1-8-14(17)9(2)19(18-8)6-13(20)21-7-10-3-4-11(15)5-12(10)16/h3-5H,6-7,17H2,1-2H3. The van der Waals surface area contributed by atoms with Crippen molar-refractivity contribution in [1.29, 1.82) is 0 Å². The van der Waals surface area contributed by atoms with Crippen LogP contribution in [-0.2, 0) is 22.7 Å². The first-order chi connectivity index (χ1) is 9.88. The van der Waals surface area contributed by atoms with Gasteiger partial charge in [0.1, 0.15) is 19.0 Å². The smallest absolute Gasteiger partial charge is 0.328 e. The molecule has 1 aromatic heterocycles. The molecule has 0 bridgehead atoms. The highest BCUT2D eigenvalue weighted by Gasteiger charge is 2.13. The maximum atomic E-state index is 13.6. The van der Waals surface area contributed by atoms with E-state index in [4.69, 9.17) is 10.5 Å². The Kier molecular flexibility index (Phi) is 4.62. The minimum atomic E-state index is -0.497. The lowest BCUT2D eigenvalue weighted by atomic mass is 10.2. The third kappa shape index (κ3) is 3.60. The number of nitrogens with zero attached hydrogens (tertiary/aromatic N) is 2. The molecule has 0 atom stereocenters. The Labute approximate surface area is 130 Å². The maximum Gasteiger partial charge on any atom is 0.328 e. The molecule has 1 heterocycles. The van der Waals surface area contributed by atoms with E-state index in [0.717, 1.165) is 0 Å². The minimum absolute atomic E-state index is 0.0536. The third-order valence-electron chi connectivity index (χ3n) is 3.12. The van der Waals surface area contributed by atoms with Crippen molar-refractivity contribution in [3.63, 3.8) is 0 Å².